The summed E-state index contributed by atoms with van der Waals surface area (Å²) in [6, 6.07) is 2.15. The Morgan fingerprint density at radius 3 is 2.70 bits per heavy atom. The first-order chi connectivity index (χ1) is 9.31. The second kappa shape index (κ2) is 7.33. The van der Waals surface area contributed by atoms with Crippen LogP contribution >= 0.6 is 11.6 Å². The van der Waals surface area contributed by atoms with E-state index in [-0.39, 0.29) is 34.5 Å². The van der Waals surface area contributed by atoms with Gasteiger partial charge in [-0.2, -0.15) is 0 Å². The monoisotopic (exact) mass is 324 g/mol. The van der Waals surface area contributed by atoms with Crippen molar-refractivity contribution in [3.05, 3.63) is 28.5 Å². The zero-order valence-corrected chi connectivity index (χ0v) is 12.9. The topological polar surface area (TPSA) is 81.4 Å². The van der Waals surface area contributed by atoms with Crippen LogP contribution in [0.2, 0.25) is 5.02 Å². The molecule has 3 N–H and O–H groups in total. The molecule has 1 aromatic rings. The third kappa shape index (κ3) is 4.39. The van der Waals surface area contributed by atoms with E-state index in [0.29, 0.717) is 6.61 Å². The zero-order valence-electron chi connectivity index (χ0n) is 11.3. The lowest BCUT2D eigenvalue weighted by Gasteiger charge is -2.13. The number of sulfonamides is 1. The lowest BCUT2D eigenvalue weighted by molar-refractivity contribution is 0.161. The number of hydrogen-bond acceptors (Lipinski definition) is 4. The molecule has 0 saturated carbocycles. The number of halogens is 2. The number of benzene rings is 1. The molecule has 1 atom stereocenters. The molecule has 0 amide bonds. The van der Waals surface area contributed by atoms with Crippen molar-refractivity contribution in [2.75, 3.05) is 20.3 Å². The van der Waals surface area contributed by atoms with Crippen molar-refractivity contribution in [3.63, 3.8) is 0 Å². The number of ether oxygens (including phenoxy) is 1. The average molecular weight is 325 g/mol. The Morgan fingerprint density at radius 2 is 2.15 bits per heavy atom. The van der Waals surface area contributed by atoms with Crippen LogP contribution in [0, 0.1) is 11.7 Å². The second-order valence-electron chi connectivity index (χ2n) is 4.49. The van der Waals surface area contributed by atoms with E-state index in [4.69, 9.17) is 22.1 Å². The molecule has 1 rings (SSSR count). The van der Waals surface area contributed by atoms with Gasteiger partial charge in [0.05, 0.1) is 9.92 Å². The van der Waals surface area contributed by atoms with Crippen molar-refractivity contribution in [1.29, 1.82) is 0 Å². The van der Waals surface area contributed by atoms with E-state index in [9.17, 15) is 12.8 Å². The van der Waals surface area contributed by atoms with Crippen molar-refractivity contribution >= 4 is 21.6 Å². The van der Waals surface area contributed by atoms with Gasteiger partial charge >= 0.3 is 0 Å². The van der Waals surface area contributed by atoms with Gasteiger partial charge in [0.1, 0.15) is 5.82 Å². The molecule has 0 bridgehead atoms. The molecule has 0 aliphatic carbocycles. The van der Waals surface area contributed by atoms with Crippen LogP contribution in [0.3, 0.4) is 0 Å². The molecule has 0 aliphatic rings. The number of nitrogens with two attached hydrogens (primary N) is 1. The molecule has 0 aromatic heterocycles. The lowest BCUT2D eigenvalue weighted by atomic mass is 10.2. The summed E-state index contributed by atoms with van der Waals surface area (Å²) in [5.74, 6) is -0.805. The summed E-state index contributed by atoms with van der Waals surface area (Å²) in [4.78, 5) is -0.190. The minimum atomic E-state index is -3.81. The average Bonchev–Trinajstić information content (AvgIpc) is 2.39. The van der Waals surface area contributed by atoms with Gasteiger partial charge in [0, 0.05) is 26.8 Å². The normalized spacial score (nSPS) is 13.4. The van der Waals surface area contributed by atoms with Crippen LogP contribution in [0.5, 0.6) is 0 Å². The van der Waals surface area contributed by atoms with Gasteiger partial charge in [-0.1, -0.05) is 18.5 Å². The Morgan fingerprint density at radius 1 is 1.50 bits per heavy atom. The summed E-state index contributed by atoms with van der Waals surface area (Å²) < 4.78 is 45.0. The molecule has 0 saturated heterocycles. The minimum absolute atomic E-state index is 0.000834. The summed E-state index contributed by atoms with van der Waals surface area (Å²) in [5, 5.41) is -0.154. The van der Waals surface area contributed by atoms with Gasteiger partial charge in [0.2, 0.25) is 10.0 Å². The standard InChI is InChI=1S/C12H18ClFN2O3S/c1-8(7-19-2)6-16-20(17,18)10-3-9(5-15)12(13)11(14)4-10/h3-4,8,16H,5-7,15H2,1-2H3. The first-order valence-electron chi connectivity index (χ1n) is 5.98. The lowest BCUT2D eigenvalue weighted by Crippen LogP contribution is -2.30. The van der Waals surface area contributed by atoms with Crippen molar-refractivity contribution in [2.24, 2.45) is 11.7 Å². The maximum absolute atomic E-state index is 13.6. The quantitative estimate of drug-likeness (QED) is 0.796. The van der Waals surface area contributed by atoms with Gasteiger partial charge in [0.25, 0.3) is 0 Å². The van der Waals surface area contributed by atoms with E-state index in [0.717, 1.165) is 6.07 Å². The summed E-state index contributed by atoms with van der Waals surface area (Å²) >= 11 is 5.70. The molecule has 8 heteroatoms. The Bertz CT molecular complexity index is 566. The van der Waals surface area contributed by atoms with E-state index < -0.39 is 15.8 Å². The highest BCUT2D eigenvalue weighted by Gasteiger charge is 2.19. The number of hydrogen-bond donors (Lipinski definition) is 2. The maximum Gasteiger partial charge on any atom is 0.240 e. The fraction of sp³-hybridized carbons (Fsp3) is 0.500. The number of methoxy groups -OCH3 is 1. The highest BCUT2D eigenvalue weighted by Crippen LogP contribution is 2.24. The minimum Gasteiger partial charge on any atom is -0.384 e. The van der Waals surface area contributed by atoms with E-state index in [1.54, 1.807) is 0 Å². The van der Waals surface area contributed by atoms with Crippen LogP contribution in [-0.4, -0.2) is 28.7 Å². The van der Waals surface area contributed by atoms with Crippen LogP contribution in [0.15, 0.2) is 17.0 Å². The van der Waals surface area contributed by atoms with E-state index in [1.807, 2.05) is 6.92 Å². The SMILES string of the molecule is COCC(C)CNS(=O)(=O)c1cc(F)c(Cl)c(CN)c1. The second-order valence-corrected chi connectivity index (χ2v) is 6.64. The van der Waals surface area contributed by atoms with E-state index >= 15 is 0 Å². The molecule has 0 heterocycles. The third-order valence-corrected chi connectivity index (χ3v) is 4.51. The number of rotatable bonds is 7. The fourth-order valence-electron chi connectivity index (χ4n) is 1.60. The van der Waals surface area contributed by atoms with Gasteiger partial charge < -0.3 is 10.5 Å². The van der Waals surface area contributed by atoms with Gasteiger partial charge in [-0.05, 0) is 23.6 Å². The molecular formula is C12H18ClFN2O3S. The molecule has 0 radical (unpaired) electrons. The maximum atomic E-state index is 13.6. The molecule has 0 fully saturated rings. The smallest absolute Gasteiger partial charge is 0.240 e. The predicted octanol–water partition coefficient (Wildman–Crippen LogP) is 1.50. The van der Waals surface area contributed by atoms with Crippen LogP contribution in [0.25, 0.3) is 0 Å². The first-order valence-corrected chi connectivity index (χ1v) is 7.84. The summed E-state index contributed by atoms with van der Waals surface area (Å²) in [6.45, 7) is 2.41. The zero-order chi connectivity index (χ0) is 15.3. The summed E-state index contributed by atoms with van der Waals surface area (Å²) in [6.07, 6.45) is 0. The molecule has 1 unspecified atom stereocenters. The molecular weight excluding hydrogens is 307 g/mol. The van der Waals surface area contributed by atoms with Crippen molar-refractivity contribution in [1.82, 2.24) is 4.72 Å². The molecule has 1 aromatic carbocycles. The largest absolute Gasteiger partial charge is 0.384 e. The molecule has 20 heavy (non-hydrogen) atoms. The Hall–Kier alpha value is -0.730. The molecule has 114 valence electrons. The highest BCUT2D eigenvalue weighted by molar-refractivity contribution is 7.89. The van der Waals surface area contributed by atoms with E-state index in [2.05, 4.69) is 4.72 Å². The van der Waals surface area contributed by atoms with Gasteiger partial charge in [-0.15, -0.1) is 0 Å². The Labute approximate surface area is 123 Å². The van der Waals surface area contributed by atoms with E-state index in [1.165, 1.54) is 13.2 Å². The molecule has 0 aliphatic heterocycles. The van der Waals surface area contributed by atoms with Crippen LogP contribution in [0.4, 0.5) is 4.39 Å². The fourth-order valence-corrected chi connectivity index (χ4v) is 3.01. The predicted molar refractivity (Wildman–Crippen MR) is 75.5 cm³/mol. The third-order valence-electron chi connectivity index (χ3n) is 2.68. The number of nitrogens with one attached hydrogen (secondary N) is 1. The van der Waals surface area contributed by atoms with Crippen LogP contribution < -0.4 is 10.5 Å². The first kappa shape index (κ1) is 17.3. The molecule has 0 spiro atoms. The highest BCUT2D eigenvalue weighted by atomic mass is 35.5. The summed E-state index contributed by atoms with van der Waals surface area (Å²) in [7, 11) is -2.27. The summed E-state index contributed by atoms with van der Waals surface area (Å²) in [5.41, 5.74) is 5.66. The van der Waals surface area contributed by atoms with Crippen LogP contribution in [0.1, 0.15) is 12.5 Å². The Balaban J connectivity index is 2.95. The Kier molecular flexibility index (Phi) is 6.35. The van der Waals surface area contributed by atoms with Crippen molar-refractivity contribution in [3.8, 4) is 0 Å². The van der Waals surface area contributed by atoms with Gasteiger partial charge in [-0.25, -0.2) is 17.5 Å². The van der Waals surface area contributed by atoms with Gasteiger partial charge in [0.15, 0.2) is 0 Å². The van der Waals surface area contributed by atoms with Crippen molar-refractivity contribution < 1.29 is 17.5 Å². The van der Waals surface area contributed by atoms with Gasteiger partial charge in [-0.3, -0.25) is 0 Å². The molecule has 5 nitrogen and oxygen atoms in total. The van der Waals surface area contributed by atoms with Crippen molar-refractivity contribution in [2.45, 2.75) is 18.4 Å². The van der Waals surface area contributed by atoms with Crippen LogP contribution in [-0.2, 0) is 21.3 Å².